The molecule has 0 radical (unpaired) electrons. The van der Waals surface area contributed by atoms with E-state index >= 15 is 0 Å². The molecule has 0 aliphatic rings. The summed E-state index contributed by atoms with van der Waals surface area (Å²) in [4.78, 5) is 8.53. The summed E-state index contributed by atoms with van der Waals surface area (Å²) in [6.07, 6.45) is 5.55. The number of oxazole rings is 1. The van der Waals surface area contributed by atoms with Gasteiger partial charge in [0.15, 0.2) is 0 Å². The van der Waals surface area contributed by atoms with Crippen LogP contribution in [0.5, 0.6) is 0 Å². The fourth-order valence-electron chi connectivity index (χ4n) is 1.57. The van der Waals surface area contributed by atoms with Crippen molar-refractivity contribution in [2.24, 2.45) is 0 Å². The first-order chi connectivity index (χ1) is 8.42. The van der Waals surface area contributed by atoms with Crippen molar-refractivity contribution in [1.82, 2.24) is 19.9 Å². The zero-order valence-electron chi connectivity index (χ0n) is 11.4. The molecule has 2 heterocycles. The zero-order valence-corrected chi connectivity index (χ0v) is 11.4. The molecular formula is C13H20N4O. The van der Waals surface area contributed by atoms with Crippen LogP contribution >= 0.6 is 0 Å². The molecule has 2 rings (SSSR count). The van der Waals surface area contributed by atoms with E-state index in [0.717, 1.165) is 18.0 Å². The highest BCUT2D eigenvalue weighted by Crippen LogP contribution is 2.06. The molecule has 5 nitrogen and oxygen atoms in total. The predicted octanol–water partition coefficient (Wildman–Crippen LogP) is 2.12. The SMILES string of the molecule is Cc1cnc(Cn2cnc(CNC(C)(C)C)c2)o1. The molecule has 0 aliphatic carbocycles. The van der Waals surface area contributed by atoms with Crippen LogP contribution in [-0.4, -0.2) is 20.1 Å². The fourth-order valence-corrected chi connectivity index (χ4v) is 1.57. The molecular weight excluding hydrogens is 228 g/mol. The zero-order chi connectivity index (χ0) is 13.2. The minimum absolute atomic E-state index is 0.101. The molecule has 18 heavy (non-hydrogen) atoms. The first-order valence-corrected chi connectivity index (χ1v) is 6.09. The van der Waals surface area contributed by atoms with E-state index in [0.29, 0.717) is 12.4 Å². The Kier molecular flexibility index (Phi) is 3.52. The topological polar surface area (TPSA) is 55.9 Å². The summed E-state index contributed by atoms with van der Waals surface area (Å²) in [6, 6.07) is 0. The molecule has 5 heteroatoms. The molecule has 0 unspecified atom stereocenters. The fraction of sp³-hybridized carbons (Fsp3) is 0.538. The smallest absolute Gasteiger partial charge is 0.214 e. The van der Waals surface area contributed by atoms with Gasteiger partial charge in [0, 0.05) is 18.3 Å². The number of nitrogens with zero attached hydrogens (tertiary/aromatic N) is 3. The molecule has 0 aromatic carbocycles. The second kappa shape index (κ2) is 4.94. The number of hydrogen-bond donors (Lipinski definition) is 1. The second-order valence-corrected chi connectivity index (χ2v) is 5.51. The normalized spacial score (nSPS) is 12.0. The molecule has 0 aliphatic heterocycles. The van der Waals surface area contributed by atoms with Gasteiger partial charge in [-0.2, -0.15) is 0 Å². The third-order valence-corrected chi connectivity index (χ3v) is 2.47. The Labute approximate surface area is 107 Å². The predicted molar refractivity (Wildman–Crippen MR) is 69.2 cm³/mol. The summed E-state index contributed by atoms with van der Waals surface area (Å²) in [7, 11) is 0. The Morgan fingerprint density at radius 2 is 2.11 bits per heavy atom. The van der Waals surface area contributed by atoms with E-state index in [4.69, 9.17) is 4.42 Å². The van der Waals surface area contributed by atoms with E-state index < -0.39 is 0 Å². The number of aryl methyl sites for hydroxylation is 1. The maximum Gasteiger partial charge on any atom is 0.214 e. The molecule has 0 atom stereocenters. The molecule has 98 valence electrons. The number of nitrogens with one attached hydrogen (secondary N) is 1. The highest BCUT2D eigenvalue weighted by atomic mass is 16.4. The standard InChI is InChI=1S/C13H20N4O/c1-10-5-14-12(18-10)8-17-7-11(15-9-17)6-16-13(2,3)4/h5,7,9,16H,6,8H2,1-4H3. The van der Waals surface area contributed by atoms with Gasteiger partial charge in [0.2, 0.25) is 5.89 Å². The van der Waals surface area contributed by atoms with Crippen LogP contribution in [0, 0.1) is 6.92 Å². The van der Waals surface area contributed by atoms with Crippen LogP contribution in [0.3, 0.4) is 0 Å². The van der Waals surface area contributed by atoms with E-state index in [-0.39, 0.29) is 5.54 Å². The van der Waals surface area contributed by atoms with Crippen molar-refractivity contribution in [1.29, 1.82) is 0 Å². The van der Waals surface area contributed by atoms with Crippen molar-refractivity contribution < 1.29 is 4.42 Å². The highest BCUT2D eigenvalue weighted by Gasteiger charge is 2.10. The van der Waals surface area contributed by atoms with Gasteiger partial charge in [-0.1, -0.05) is 0 Å². The molecule has 0 saturated carbocycles. The van der Waals surface area contributed by atoms with Gasteiger partial charge in [-0.05, 0) is 27.7 Å². The Hall–Kier alpha value is -1.62. The van der Waals surface area contributed by atoms with Gasteiger partial charge in [-0.15, -0.1) is 0 Å². The minimum atomic E-state index is 0.101. The molecule has 2 aromatic heterocycles. The van der Waals surface area contributed by atoms with Crippen LogP contribution < -0.4 is 5.32 Å². The van der Waals surface area contributed by atoms with Gasteiger partial charge in [-0.3, -0.25) is 0 Å². The van der Waals surface area contributed by atoms with Crippen molar-refractivity contribution in [3.05, 3.63) is 36.1 Å². The van der Waals surface area contributed by atoms with E-state index in [2.05, 4.69) is 36.1 Å². The molecule has 0 bridgehead atoms. The molecule has 0 spiro atoms. The van der Waals surface area contributed by atoms with Gasteiger partial charge < -0.3 is 14.3 Å². The van der Waals surface area contributed by atoms with Crippen molar-refractivity contribution >= 4 is 0 Å². The Morgan fingerprint density at radius 1 is 1.33 bits per heavy atom. The first-order valence-electron chi connectivity index (χ1n) is 6.09. The van der Waals surface area contributed by atoms with Crippen LogP contribution in [-0.2, 0) is 13.1 Å². The van der Waals surface area contributed by atoms with Crippen molar-refractivity contribution in [2.45, 2.75) is 46.3 Å². The van der Waals surface area contributed by atoms with E-state index in [1.165, 1.54) is 0 Å². The van der Waals surface area contributed by atoms with E-state index in [1.807, 2.05) is 17.7 Å². The lowest BCUT2D eigenvalue weighted by Gasteiger charge is -2.19. The number of imidazole rings is 1. The Morgan fingerprint density at radius 3 is 2.72 bits per heavy atom. The van der Waals surface area contributed by atoms with Gasteiger partial charge in [0.05, 0.1) is 18.2 Å². The second-order valence-electron chi connectivity index (χ2n) is 5.51. The maximum absolute atomic E-state index is 5.44. The first kappa shape index (κ1) is 12.8. The summed E-state index contributed by atoms with van der Waals surface area (Å²) in [6.45, 7) is 9.69. The van der Waals surface area contributed by atoms with Gasteiger partial charge in [0.25, 0.3) is 0 Å². The maximum atomic E-state index is 5.44. The lowest BCUT2D eigenvalue weighted by molar-refractivity contribution is 0.421. The lowest BCUT2D eigenvalue weighted by Crippen LogP contribution is -2.35. The summed E-state index contributed by atoms with van der Waals surface area (Å²) < 4.78 is 7.41. The Balaban J connectivity index is 1.94. The number of aromatic nitrogens is 3. The average molecular weight is 248 g/mol. The van der Waals surface area contributed by atoms with Crippen LogP contribution in [0.25, 0.3) is 0 Å². The summed E-state index contributed by atoms with van der Waals surface area (Å²) >= 11 is 0. The van der Waals surface area contributed by atoms with Gasteiger partial charge in [0.1, 0.15) is 12.3 Å². The van der Waals surface area contributed by atoms with E-state index in [9.17, 15) is 0 Å². The van der Waals surface area contributed by atoms with Crippen LogP contribution in [0.1, 0.15) is 38.1 Å². The Bertz CT molecular complexity index is 507. The van der Waals surface area contributed by atoms with Crippen molar-refractivity contribution in [2.75, 3.05) is 0 Å². The molecule has 0 saturated heterocycles. The van der Waals surface area contributed by atoms with Crippen LogP contribution in [0.4, 0.5) is 0 Å². The van der Waals surface area contributed by atoms with E-state index in [1.54, 1.807) is 12.5 Å². The lowest BCUT2D eigenvalue weighted by atomic mass is 10.1. The largest absolute Gasteiger partial charge is 0.444 e. The average Bonchev–Trinajstić information content (AvgIpc) is 2.85. The summed E-state index contributed by atoms with van der Waals surface area (Å²) in [5, 5.41) is 3.40. The molecule has 0 fully saturated rings. The number of hydrogen-bond acceptors (Lipinski definition) is 4. The van der Waals surface area contributed by atoms with Crippen molar-refractivity contribution in [3.63, 3.8) is 0 Å². The third kappa shape index (κ3) is 3.70. The monoisotopic (exact) mass is 248 g/mol. The molecule has 1 N–H and O–H groups in total. The quantitative estimate of drug-likeness (QED) is 0.900. The third-order valence-electron chi connectivity index (χ3n) is 2.47. The van der Waals surface area contributed by atoms with Gasteiger partial charge in [-0.25, -0.2) is 9.97 Å². The summed E-state index contributed by atoms with van der Waals surface area (Å²) in [5.41, 5.74) is 1.12. The molecule has 0 amide bonds. The summed E-state index contributed by atoms with van der Waals surface area (Å²) in [5.74, 6) is 1.54. The number of rotatable bonds is 4. The highest BCUT2D eigenvalue weighted by molar-refractivity contribution is 4.99. The van der Waals surface area contributed by atoms with Crippen molar-refractivity contribution in [3.8, 4) is 0 Å². The minimum Gasteiger partial charge on any atom is -0.444 e. The van der Waals surface area contributed by atoms with Gasteiger partial charge >= 0.3 is 0 Å². The van der Waals surface area contributed by atoms with Crippen LogP contribution in [0.15, 0.2) is 23.1 Å². The van der Waals surface area contributed by atoms with Crippen LogP contribution in [0.2, 0.25) is 0 Å². The molecule has 2 aromatic rings.